The van der Waals surface area contributed by atoms with Gasteiger partial charge in [0.05, 0.1) is 25.2 Å². The molecule has 0 aliphatic carbocycles. The summed E-state index contributed by atoms with van der Waals surface area (Å²) in [6.07, 6.45) is 1.12. The lowest BCUT2D eigenvalue weighted by atomic mass is 9.86. The summed E-state index contributed by atoms with van der Waals surface area (Å²) in [5.41, 5.74) is 4.14. The molecule has 3 heteroatoms. The maximum Gasteiger partial charge on any atom is 0.0584 e. The molecule has 1 fully saturated rings. The van der Waals surface area contributed by atoms with Crippen LogP contribution in [0, 0.1) is 12.3 Å². The highest BCUT2D eigenvalue weighted by Crippen LogP contribution is 2.36. The minimum atomic E-state index is -0.0239. The molecule has 0 radical (unpaired) electrons. The monoisotopic (exact) mass is 233 g/mol. The summed E-state index contributed by atoms with van der Waals surface area (Å²) in [5.74, 6) is 0. The molecule has 1 saturated heterocycles. The second-order valence-corrected chi connectivity index (χ2v) is 5.41. The van der Waals surface area contributed by atoms with Crippen LogP contribution in [0.4, 0.5) is 5.69 Å². The van der Waals surface area contributed by atoms with Crippen molar-refractivity contribution in [2.75, 3.05) is 37.8 Å². The summed E-state index contributed by atoms with van der Waals surface area (Å²) in [6.45, 7) is 5.77. The van der Waals surface area contributed by atoms with Crippen LogP contribution < -0.4 is 4.90 Å². The average molecular weight is 233 g/mol. The van der Waals surface area contributed by atoms with Crippen molar-refractivity contribution in [1.82, 2.24) is 0 Å². The minimum absolute atomic E-state index is 0.0239. The van der Waals surface area contributed by atoms with E-state index in [9.17, 15) is 5.11 Å². The summed E-state index contributed by atoms with van der Waals surface area (Å²) in [5, 5.41) is 9.51. The molecular weight excluding hydrogens is 214 g/mol. The zero-order valence-corrected chi connectivity index (χ0v) is 10.3. The first-order valence-electron chi connectivity index (χ1n) is 6.26. The number of aliphatic hydroxyl groups is 1. The van der Waals surface area contributed by atoms with E-state index in [1.54, 1.807) is 0 Å². The van der Waals surface area contributed by atoms with Crippen LogP contribution in [0.2, 0.25) is 0 Å². The summed E-state index contributed by atoms with van der Waals surface area (Å²) in [4.78, 5) is 2.42. The lowest BCUT2D eigenvalue weighted by Gasteiger charge is -2.43. The van der Waals surface area contributed by atoms with Crippen LogP contribution in [-0.4, -0.2) is 38.0 Å². The van der Waals surface area contributed by atoms with E-state index in [0.717, 1.165) is 19.5 Å². The normalized spacial score (nSPS) is 21.2. The molecule has 2 aliphatic heterocycles. The number of ether oxygens (including phenoxy) is 1. The van der Waals surface area contributed by atoms with Crippen molar-refractivity contribution in [2.45, 2.75) is 13.3 Å². The third kappa shape index (κ3) is 1.74. The number of benzene rings is 1. The van der Waals surface area contributed by atoms with E-state index in [1.165, 1.54) is 16.8 Å². The fraction of sp³-hybridized carbons (Fsp3) is 0.571. The van der Waals surface area contributed by atoms with Gasteiger partial charge in [-0.1, -0.05) is 18.2 Å². The first-order chi connectivity index (χ1) is 8.24. The van der Waals surface area contributed by atoms with E-state index in [0.29, 0.717) is 13.2 Å². The van der Waals surface area contributed by atoms with Gasteiger partial charge in [-0.15, -0.1) is 0 Å². The van der Waals surface area contributed by atoms with E-state index in [1.807, 2.05) is 0 Å². The molecule has 0 unspecified atom stereocenters. The van der Waals surface area contributed by atoms with Crippen molar-refractivity contribution in [2.24, 2.45) is 5.41 Å². The Kier molecular flexibility index (Phi) is 2.60. The highest BCUT2D eigenvalue weighted by molar-refractivity contribution is 5.63. The van der Waals surface area contributed by atoms with E-state index < -0.39 is 0 Å². The number of rotatable bonds is 3. The Labute approximate surface area is 102 Å². The number of hydrogen-bond acceptors (Lipinski definition) is 3. The molecule has 1 aromatic carbocycles. The Morgan fingerprint density at radius 2 is 2.24 bits per heavy atom. The quantitative estimate of drug-likeness (QED) is 0.856. The molecule has 2 aliphatic rings. The van der Waals surface area contributed by atoms with Gasteiger partial charge < -0.3 is 14.7 Å². The fourth-order valence-electron chi connectivity index (χ4n) is 2.93. The van der Waals surface area contributed by atoms with Crippen LogP contribution in [0.15, 0.2) is 18.2 Å². The third-order valence-electron chi connectivity index (χ3n) is 3.97. The molecule has 3 rings (SSSR count). The molecule has 92 valence electrons. The Morgan fingerprint density at radius 1 is 1.41 bits per heavy atom. The second kappa shape index (κ2) is 4.00. The lowest BCUT2D eigenvalue weighted by molar-refractivity contribution is -0.130. The lowest BCUT2D eigenvalue weighted by Crippen LogP contribution is -2.53. The van der Waals surface area contributed by atoms with E-state index in [4.69, 9.17) is 4.74 Å². The van der Waals surface area contributed by atoms with Crippen LogP contribution in [0.5, 0.6) is 0 Å². The minimum Gasteiger partial charge on any atom is -0.396 e. The largest absolute Gasteiger partial charge is 0.396 e. The SMILES string of the molecule is Cc1cccc2c1N(CC1(CO)COC1)CC2. The number of fused-ring (bicyclic) bond motifs is 1. The second-order valence-electron chi connectivity index (χ2n) is 5.41. The Balaban J connectivity index is 1.84. The predicted molar refractivity (Wildman–Crippen MR) is 67.4 cm³/mol. The van der Waals surface area contributed by atoms with Crippen molar-refractivity contribution < 1.29 is 9.84 Å². The molecule has 1 N–H and O–H groups in total. The molecular formula is C14H19NO2. The van der Waals surface area contributed by atoms with Crippen LogP contribution in [0.3, 0.4) is 0 Å². The predicted octanol–water partition coefficient (Wildman–Crippen LogP) is 1.37. The van der Waals surface area contributed by atoms with E-state index in [-0.39, 0.29) is 12.0 Å². The molecule has 17 heavy (non-hydrogen) atoms. The van der Waals surface area contributed by atoms with E-state index in [2.05, 4.69) is 30.0 Å². The Morgan fingerprint density at radius 3 is 2.88 bits per heavy atom. The molecule has 0 aromatic heterocycles. The Bertz CT molecular complexity index is 421. The first kappa shape index (κ1) is 11.1. The van der Waals surface area contributed by atoms with Crippen molar-refractivity contribution in [3.05, 3.63) is 29.3 Å². The van der Waals surface area contributed by atoms with Crippen molar-refractivity contribution in [3.8, 4) is 0 Å². The van der Waals surface area contributed by atoms with Gasteiger partial charge in [-0.25, -0.2) is 0 Å². The van der Waals surface area contributed by atoms with Gasteiger partial charge in [0.25, 0.3) is 0 Å². The summed E-state index contributed by atoms with van der Waals surface area (Å²) < 4.78 is 5.27. The van der Waals surface area contributed by atoms with Crippen molar-refractivity contribution >= 4 is 5.69 Å². The van der Waals surface area contributed by atoms with Crippen molar-refractivity contribution in [1.29, 1.82) is 0 Å². The molecule has 0 atom stereocenters. The van der Waals surface area contributed by atoms with Gasteiger partial charge in [0.15, 0.2) is 0 Å². The molecule has 0 spiro atoms. The molecule has 0 saturated carbocycles. The molecule has 1 aromatic rings. The average Bonchev–Trinajstić information content (AvgIpc) is 2.68. The number of nitrogens with zero attached hydrogens (tertiary/aromatic N) is 1. The van der Waals surface area contributed by atoms with Gasteiger partial charge in [-0.05, 0) is 24.5 Å². The number of aliphatic hydroxyl groups excluding tert-OH is 1. The molecule has 0 bridgehead atoms. The summed E-state index contributed by atoms with van der Waals surface area (Å²) >= 11 is 0. The van der Waals surface area contributed by atoms with Crippen LogP contribution in [0.25, 0.3) is 0 Å². The molecule has 2 heterocycles. The van der Waals surface area contributed by atoms with Crippen LogP contribution in [-0.2, 0) is 11.2 Å². The van der Waals surface area contributed by atoms with Gasteiger partial charge in [0, 0.05) is 18.8 Å². The molecule has 3 nitrogen and oxygen atoms in total. The summed E-state index contributed by atoms with van der Waals surface area (Å²) in [6, 6.07) is 6.51. The maximum absolute atomic E-state index is 9.51. The topological polar surface area (TPSA) is 32.7 Å². The number of para-hydroxylation sites is 1. The van der Waals surface area contributed by atoms with Gasteiger partial charge in [0.1, 0.15) is 0 Å². The third-order valence-corrected chi connectivity index (χ3v) is 3.97. The zero-order chi connectivity index (χ0) is 11.9. The van der Waals surface area contributed by atoms with Gasteiger partial charge in [-0.2, -0.15) is 0 Å². The van der Waals surface area contributed by atoms with Crippen LogP contribution in [0.1, 0.15) is 11.1 Å². The fourth-order valence-corrected chi connectivity index (χ4v) is 2.93. The van der Waals surface area contributed by atoms with Crippen LogP contribution >= 0.6 is 0 Å². The van der Waals surface area contributed by atoms with E-state index >= 15 is 0 Å². The first-order valence-corrected chi connectivity index (χ1v) is 6.26. The number of aryl methyl sites for hydroxylation is 1. The smallest absolute Gasteiger partial charge is 0.0584 e. The maximum atomic E-state index is 9.51. The highest BCUT2D eigenvalue weighted by atomic mass is 16.5. The van der Waals surface area contributed by atoms with Gasteiger partial charge in [0.2, 0.25) is 0 Å². The summed E-state index contributed by atoms with van der Waals surface area (Å²) in [7, 11) is 0. The molecule has 0 amide bonds. The van der Waals surface area contributed by atoms with Gasteiger partial charge in [-0.3, -0.25) is 0 Å². The van der Waals surface area contributed by atoms with Crippen molar-refractivity contribution in [3.63, 3.8) is 0 Å². The highest BCUT2D eigenvalue weighted by Gasteiger charge is 2.41. The number of hydrogen-bond donors (Lipinski definition) is 1. The zero-order valence-electron chi connectivity index (χ0n) is 10.3. The standard InChI is InChI=1S/C14H19NO2/c1-11-3-2-4-12-5-6-15(13(11)12)7-14(8-16)9-17-10-14/h2-4,16H,5-10H2,1H3. The Hall–Kier alpha value is -1.06. The van der Waals surface area contributed by atoms with Gasteiger partial charge >= 0.3 is 0 Å². The number of anilines is 1.